The number of unbranched alkanes of at least 4 members (excludes halogenated alkanes) is 20. The minimum atomic E-state index is 1.13. The van der Waals surface area contributed by atoms with Crippen LogP contribution in [0.15, 0.2) is 0 Å². The molecule has 0 spiro atoms. The highest BCUT2D eigenvalue weighted by molar-refractivity contribution is 9.26. The molecule has 0 radical (unpaired) electrons. The van der Waals surface area contributed by atoms with Crippen molar-refractivity contribution in [2.45, 2.75) is 181 Å². The van der Waals surface area contributed by atoms with Crippen LogP contribution in [0.5, 0.6) is 0 Å². The Morgan fingerprint density at radius 3 is 0.933 bits per heavy atom. The number of hydrogen-bond acceptors (Lipinski definition) is 11. The Balaban J connectivity index is 1.76. The zero-order valence-corrected chi connectivity index (χ0v) is 36.1. The maximum absolute atomic E-state index is 4.48. The van der Waals surface area contributed by atoms with Crippen LogP contribution in [0.3, 0.4) is 0 Å². The van der Waals surface area contributed by atoms with Crippen molar-refractivity contribution in [2.75, 3.05) is 23.0 Å². The van der Waals surface area contributed by atoms with Crippen molar-refractivity contribution in [1.82, 2.24) is 10.2 Å². The van der Waals surface area contributed by atoms with Crippen LogP contribution in [0.4, 0.5) is 0 Å². The van der Waals surface area contributed by atoms with Crippen LogP contribution in [0.25, 0.3) is 0 Å². The molecule has 2 nitrogen and oxygen atoms in total. The van der Waals surface area contributed by atoms with Crippen molar-refractivity contribution in [1.29, 1.82) is 0 Å². The minimum absolute atomic E-state index is 1.13. The minimum Gasteiger partial charge on any atom is -0.144 e. The van der Waals surface area contributed by atoms with Gasteiger partial charge in [-0.2, -0.15) is 0 Å². The topological polar surface area (TPSA) is 25.8 Å². The van der Waals surface area contributed by atoms with Crippen LogP contribution in [0, 0.1) is 0 Å². The van der Waals surface area contributed by atoms with Crippen LogP contribution < -0.4 is 0 Å². The van der Waals surface area contributed by atoms with Crippen molar-refractivity contribution in [2.24, 2.45) is 0 Å². The quantitative estimate of drug-likeness (QED) is 0.0476. The van der Waals surface area contributed by atoms with Crippen LogP contribution in [-0.4, -0.2) is 33.2 Å². The Kier molecular flexibility index (Phi) is 39.5. The highest BCUT2D eigenvalue weighted by Crippen LogP contribution is 2.44. The van der Waals surface area contributed by atoms with E-state index < -0.39 is 0 Å². The standard InChI is InChI=1S/C34H66N2S9/c1-3-5-7-9-17-23-29-37-42-44-39-31-25-19-13-11-15-21-27-33-35-36-34(41-33)28-22-16-12-14-20-26-32-40-45-43-38-30-24-18-10-8-6-4-2/h3-32H2,1-2H3. The van der Waals surface area contributed by atoms with E-state index in [1.807, 2.05) is 50.6 Å². The molecule has 266 valence electrons. The molecule has 0 bridgehead atoms. The average molecular weight is 792 g/mol. The van der Waals surface area contributed by atoms with Crippen molar-refractivity contribution < 1.29 is 0 Å². The first-order valence-electron chi connectivity index (χ1n) is 18.3. The van der Waals surface area contributed by atoms with Crippen molar-refractivity contribution >= 4 is 93.8 Å². The zero-order chi connectivity index (χ0) is 32.1. The van der Waals surface area contributed by atoms with E-state index in [2.05, 4.69) is 67.2 Å². The van der Waals surface area contributed by atoms with Gasteiger partial charge in [0.15, 0.2) is 0 Å². The average Bonchev–Trinajstić information content (AvgIpc) is 3.51. The normalized spacial score (nSPS) is 11.6. The molecule has 0 aliphatic carbocycles. The third-order valence-corrected chi connectivity index (χ3v) is 22.0. The Morgan fingerprint density at radius 2 is 0.622 bits per heavy atom. The summed E-state index contributed by atoms with van der Waals surface area (Å²) in [6.45, 7) is 4.58. The molecular weight excluding hydrogens is 725 g/mol. The molecule has 1 heterocycles. The zero-order valence-electron chi connectivity index (χ0n) is 28.8. The van der Waals surface area contributed by atoms with E-state index in [0.717, 1.165) is 12.8 Å². The molecule has 1 aromatic heterocycles. The SMILES string of the molecule is CCCCCCCCSSSSCCCCCCCCc1nnc(CCCCCCCCSSSSCCCCCCCC)s1. The van der Waals surface area contributed by atoms with Gasteiger partial charge in [-0.15, -0.1) is 21.5 Å². The summed E-state index contributed by atoms with van der Waals surface area (Å²) >= 11 is 1.87. The van der Waals surface area contributed by atoms with Crippen molar-refractivity contribution in [3.05, 3.63) is 10.0 Å². The Labute approximate surface area is 315 Å². The second-order valence-electron chi connectivity index (χ2n) is 11.9. The first kappa shape index (κ1) is 45.4. The fourth-order valence-electron chi connectivity index (χ4n) is 4.88. The predicted molar refractivity (Wildman–Crippen MR) is 230 cm³/mol. The fourth-order valence-corrected chi connectivity index (χ4v) is 18.3. The summed E-state index contributed by atoms with van der Waals surface area (Å²) in [4.78, 5) is 0. The Morgan fingerprint density at radius 1 is 0.356 bits per heavy atom. The first-order valence-corrected chi connectivity index (χ1v) is 29.5. The molecule has 0 aliphatic rings. The van der Waals surface area contributed by atoms with Gasteiger partial charge in [0, 0.05) is 35.9 Å². The molecular formula is C34H66N2S9. The molecule has 45 heavy (non-hydrogen) atoms. The predicted octanol–water partition coefficient (Wildman–Crippen LogP) is 16.4. The molecule has 0 saturated heterocycles. The lowest BCUT2D eigenvalue weighted by atomic mass is 10.1. The number of hydrogen-bond donors (Lipinski definition) is 0. The highest BCUT2D eigenvalue weighted by atomic mass is 33.7. The van der Waals surface area contributed by atoms with Crippen LogP contribution >= 0.6 is 93.8 Å². The third kappa shape index (κ3) is 34.6. The van der Waals surface area contributed by atoms with Crippen LogP contribution in [0.2, 0.25) is 0 Å². The lowest BCUT2D eigenvalue weighted by Crippen LogP contribution is -1.87. The number of aromatic nitrogens is 2. The summed E-state index contributed by atoms with van der Waals surface area (Å²) in [6.07, 6.45) is 35.4. The van der Waals surface area contributed by atoms with E-state index in [4.69, 9.17) is 0 Å². The molecule has 1 rings (SSSR count). The monoisotopic (exact) mass is 790 g/mol. The van der Waals surface area contributed by atoms with Gasteiger partial charge >= 0.3 is 0 Å². The largest absolute Gasteiger partial charge is 0.144 e. The molecule has 0 amide bonds. The van der Waals surface area contributed by atoms with E-state index in [9.17, 15) is 0 Å². The molecule has 0 saturated carbocycles. The number of rotatable bonds is 38. The van der Waals surface area contributed by atoms with Gasteiger partial charge in [0.1, 0.15) is 10.0 Å². The lowest BCUT2D eigenvalue weighted by molar-refractivity contribution is 0.605. The Hall–Kier alpha value is 2.36. The summed E-state index contributed by atoms with van der Waals surface area (Å²) in [6, 6.07) is 0. The first-order chi connectivity index (χ1) is 22.4. The van der Waals surface area contributed by atoms with Gasteiger partial charge in [-0.3, -0.25) is 0 Å². The maximum atomic E-state index is 4.48. The van der Waals surface area contributed by atoms with E-state index >= 15 is 0 Å². The maximum Gasteiger partial charge on any atom is 0.117 e. The van der Waals surface area contributed by atoms with Gasteiger partial charge in [-0.1, -0.05) is 173 Å². The summed E-state index contributed by atoms with van der Waals surface area (Å²) in [5.41, 5.74) is 0. The summed E-state index contributed by atoms with van der Waals surface area (Å²) in [5.74, 6) is 5.25. The molecule has 0 aromatic carbocycles. The number of nitrogens with zero attached hydrogens (tertiary/aromatic N) is 2. The summed E-state index contributed by atoms with van der Waals surface area (Å²) in [7, 11) is 16.2. The van der Waals surface area contributed by atoms with Gasteiger partial charge in [0.05, 0.1) is 0 Å². The molecule has 0 fully saturated rings. The molecule has 0 atom stereocenters. The number of aryl methyl sites for hydroxylation is 2. The second-order valence-corrected chi connectivity index (χ2v) is 25.6. The van der Waals surface area contributed by atoms with Gasteiger partial charge < -0.3 is 0 Å². The molecule has 1 aromatic rings. The van der Waals surface area contributed by atoms with Gasteiger partial charge in [0.2, 0.25) is 0 Å². The van der Waals surface area contributed by atoms with E-state index in [-0.39, 0.29) is 0 Å². The Bertz CT molecular complexity index is 642. The summed E-state index contributed by atoms with van der Waals surface area (Å²) in [5, 5.41) is 11.5. The molecule has 0 N–H and O–H groups in total. The lowest BCUT2D eigenvalue weighted by Gasteiger charge is -2.02. The molecule has 0 aliphatic heterocycles. The van der Waals surface area contributed by atoms with Crippen molar-refractivity contribution in [3.63, 3.8) is 0 Å². The second kappa shape index (κ2) is 39.2. The van der Waals surface area contributed by atoms with Crippen LogP contribution in [-0.2, 0) is 12.8 Å². The molecule has 11 heteroatoms. The molecule has 0 unspecified atom stereocenters. The van der Waals surface area contributed by atoms with E-state index in [0.29, 0.717) is 0 Å². The van der Waals surface area contributed by atoms with E-state index in [1.54, 1.807) is 0 Å². The summed E-state index contributed by atoms with van der Waals surface area (Å²) < 4.78 is 0. The third-order valence-electron chi connectivity index (χ3n) is 7.66. The smallest absolute Gasteiger partial charge is 0.117 e. The van der Waals surface area contributed by atoms with Gasteiger partial charge in [-0.25, -0.2) is 0 Å². The van der Waals surface area contributed by atoms with E-state index in [1.165, 1.54) is 187 Å². The fraction of sp³-hybridized carbons (Fsp3) is 0.941. The van der Waals surface area contributed by atoms with Crippen LogP contribution in [0.1, 0.15) is 178 Å². The highest BCUT2D eigenvalue weighted by Gasteiger charge is 2.05. The van der Waals surface area contributed by atoms with Gasteiger partial charge in [0.25, 0.3) is 0 Å². The van der Waals surface area contributed by atoms with Gasteiger partial charge in [-0.05, 0) is 77.8 Å². The van der Waals surface area contributed by atoms with Crippen molar-refractivity contribution in [3.8, 4) is 0 Å².